The lowest BCUT2D eigenvalue weighted by Gasteiger charge is -2.28. The van der Waals surface area contributed by atoms with Gasteiger partial charge in [0.2, 0.25) is 0 Å². The van der Waals surface area contributed by atoms with Gasteiger partial charge in [0.25, 0.3) is 5.69 Å². The Morgan fingerprint density at radius 3 is 2.36 bits per heavy atom. The van der Waals surface area contributed by atoms with E-state index in [9.17, 15) is 10.1 Å². The first kappa shape index (κ1) is 16.7. The van der Waals surface area contributed by atoms with Gasteiger partial charge in [0.15, 0.2) is 5.66 Å². The maximum atomic E-state index is 10.7. The molecule has 2 unspecified atom stereocenters. The first-order chi connectivity index (χ1) is 12.0. The standard InChI is InChI=1S/C18H17N5O2/c19-17-12-14(13-6-8-16(9-7-13)23(24)25)10-11-18(17,20)22-21-15-4-2-1-3-5-15/h1-12,17H,19-20H2. The lowest BCUT2D eigenvalue weighted by molar-refractivity contribution is -0.384. The molecule has 0 aliphatic heterocycles. The second kappa shape index (κ2) is 6.76. The van der Waals surface area contributed by atoms with Crippen molar-refractivity contribution in [3.63, 3.8) is 0 Å². The van der Waals surface area contributed by atoms with Crippen molar-refractivity contribution in [2.75, 3.05) is 0 Å². The van der Waals surface area contributed by atoms with Gasteiger partial charge >= 0.3 is 0 Å². The molecule has 0 heterocycles. The summed E-state index contributed by atoms with van der Waals surface area (Å²) < 4.78 is 0. The molecule has 3 rings (SSSR count). The Kier molecular flexibility index (Phi) is 4.51. The first-order valence-corrected chi connectivity index (χ1v) is 7.66. The zero-order chi connectivity index (χ0) is 17.9. The number of azo groups is 1. The Labute approximate surface area is 144 Å². The monoisotopic (exact) mass is 335 g/mol. The molecule has 0 aromatic heterocycles. The third kappa shape index (κ3) is 3.68. The molecular formula is C18H17N5O2. The van der Waals surface area contributed by atoms with Crippen molar-refractivity contribution in [1.82, 2.24) is 0 Å². The van der Waals surface area contributed by atoms with E-state index in [1.54, 1.807) is 30.4 Å². The molecule has 0 bridgehead atoms. The van der Waals surface area contributed by atoms with Crippen LogP contribution in [0.25, 0.3) is 5.57 Å². The molecule has 1 aliphatic carbocycles. The van der Waals surface area contributed by atoms with Crippen molar-refractivity contribution < 1.29 is 4.92 Å². The summed E-state index contributed by atoms with van der Waals surface area (Å²) in [4.78, 5) is 10.3. The van der Waals surface area contributed by atoms with Crippen molar-refractivity contribution in [2.45, 2.75) is 11.7 Å². The molecule has 0 fully saturated rings. The van der Waals surface area contributed by atoms with Crippen LogP contribution in [0.4, 0.5) is 11.4 Å². The summed E-state index contributed by atoms with van der Waals surface area (Å²) in [7, 11) is 0. The Bertz CT molecular complexity index is 859. The van der Waals surface area contributed by atoms with E-state index in [-0.39, 0.29) is 5.69 Å². The summed E-state index contributed by atoms with van der Waals surface area (Å²) >= 11 is 0. The molecule has 0 radical (unpaired) electrons. The molecule has 0 spiro atoms. The SMILES string of the molecule is NC1C=C(c2ccc([N+](=O)[O-])cc2)C=CC1(N)N=Nc1ccccc1. The summed E-state index contributed by atoms with van der Waals surface area (Å²) in [6.07, 6.45) is 5.28. The third-order valence-corrected chi connectivity index (χ3v) is 3.93. The molecule has 126 valence electrons. The second-order valence-electron chi connectivity index (χ2n) is 5.71. The predicted molar refractivity (Wildman–Crippen MR) is 96.1 cm³/mol. The van der Waals surface area contributed by atoms with Crippen LogP contribution in [0.15, 0.2) is 83.1 Å². The zero-order valence-electron chi connectivity index (χ0n) is 13.3. The number of nitrogens with two attached hydrogens (primary N) is 2. The van der Waals surface area contributed by atoms with Crippen molar-refractivity contribution in [3.8, 4) is 0 Å². The fourth-order valence-electron chi connectivity index (χ4n) is 2.42. The van der Waals surface area contributed by atoms with E-state index in [4.69, 9.17) is 11.5 Å². The van der Waals surface area contributed by atoms with Crippen molar-refractivity contribution >= 4 is 16.9 Å². The van der Waals surface area contributed by atoms with Crippen molar-refractivity contribution in [3.05, 3.63) is 88.5 Å². The third-order valence-electron chi connectivity index (χ3n) is 3.93. The highest BCUT2D eigenvalue weighted by Crippen LogP contribution is 2.28. The number of nitro benzene ring substituents is 1. The highest BCUT2D eigenvalue weighted by Gasteiger charge is 2.31. The van der Waals surface area contributed by atoms with Gasteiger partial charge < -0.3 is 11.5 Å². The Morgan fingerprint density at radius 2 is 1.76 bits per heavy atom. The number of hydrogen-bond donors (Lipinski definition) is 2. The quantitative estimate of drug-likeness (QED) is 0.506. The maximum Gasteiger partial charge on any atom is 0.269 e. The van der Waals surface area contributed by atoms with Crippen molar-refractivity contribution in [2.24, 2.45) is 21.7 Å². The molecule has 2 atom stereocenters. The van der Waals surface area contributed by atoms with Gasteiger partial charge in [-0.15, -0.1) is 0 Å². The fraction of sp³-hybridized carbons (Fsp3) is 0.111. The van der Waals surface area contributed by atoms with Crippen LogP contribution in [0.1, 0.15) is 5.56 Å². The summed E-state index contributed by atoms with van der Waals surface area (Å²) in [5.74, 6) is 0. The number of allylic oxidation sites excluding steroid dienone is 2. The van der Waals surface area contributed by atoms with Crippen LogP contribution < -0.4 is 11.5 Å². The van der Waals surface area contributed by atoms with Gasteiger partial charge in [-0.25, -0.2) is 0 Å². The van der Waals surface area contributed by atoms with E-state index in [0.717, 1.165) is 11.1 Å². The summed E-state index contributed by atoms with van der Waals surface area (Å²) in [5, 5.41) is 19.1. The van der Waals surface area contributed by atoms with Gasteiger partial charge in [-0.2, -0.15) is 10.2 Å². The average molecular weight is 335 g/mol. The molecule has 7 nitrogen and oxygen atoms in total. The van der Waals surface area contributed by atoms with Crippen LogP contribution in [0.3, 0.4) is 0 Å². The number of rotatable bonds is 4. The number of non-ortho nitro benzene ring substituents is 1. The minimum Gasteiger partial charge on any atom is -0.321 e. The molecule has 0 amide bonds. The molecule has 2 aromatic carbocycles. The van der Waals surface area contributed by atoms with Crippen LogP contribution in [0.5, 0.6) is 0 Å². The van der Waals surface area contributed by atoms with Crippen LogP contribution in [-0.4, -0.2) is 16.6 Å². The number of nitro groups is 1. The number of hydrogen-bond acceptors (Lipinski definition) is 6. The predicted octanol–water partition coefficient (Wildman–Crippen LogP) is 3.31. The first-order valence-electron chi connectivity index (χ1n) is 7.66. The highest BCUT2D eigenvalue weighted by molar-refractivity contribution is 5.76. The largest absolute Gasteiger partial charge is 0.321 e. The Hall–Kier alpha value is -3.16. The summed E-state index contributed by atoms with van der Waals surface area (Å²) in [6, 6.07) is 14.9. The van der Waals surface area contributed by atoms with E-state index in [1.165, 1.54) is 12.1 Å². The molecule has 1 aliphatic rings. The van der Waals surface area contributed by atoms with Gasteiger partial charge in [0, 0.05) is 12.1 Å². The lowest BCUT2D eigenvalue weighted by Crippen LogP contribution is -2.52. The van der Waals surface area contributed by atoms with Gasteiger partial charge in [0.05, 0.1) is 16.7 Å². The van der Waals surface area contributed by atoms with Crippen LogP contribution in [-0.2, 0) is 0 Å². The summed E-state index contributed by atoms with van der Waals surface area (Å²) in [5.41, 5.74) is 13.7. The second-order valence-corrected chi connectivity index (χ2v) is 5.71. The molecular weight excluding hydrogens is 318 g/mol. The van der Waals surface area contributed by atoms with E-state index in [1.807, 2.05) is 30.3 Å². The van der Waals surface area contributed by atoms with E-state index in [2.05, 4.69) is 10.2 Å². The average Bonchev–Trinajstić information content (AvgIpc) is 2.63. The highest BCUT2D eigenvalue weighted by atomic mass is 16.6. The van der Waals surface area contributed by atoms with E-state index < -0.39 is 16.6 Å². The fourth-order valence-corrected chi connectivity index (χ4v) is 2.42. The maximum absolute atomic E-state index is 10.7. The van der Waals surface area contributed by atoms with Crippen LogP contribution in [0.2, 0.25) is 0 Å². The van der Waals surface area contributed by atoms with Crippen LogP contribution >= 0.6 is 0 Å². The smallest absolute Gasteiger partial charge is 0.269 e. The molecule has 25 heavy (non-hydrogen) atoms. The minimum atomic E-state index is -1.14. The van der Waals surface area contributed by atoms with E-state index >= 15 is 0 Å². The normalized spacial score (nSPS) is 22.8. The molecule has 0 saturated carbocycles. The van der Waals surface area contributed by atoms with Gasteiger partial charge in [-0.1, -0.05) is 30.4 Å². The van der Waals surface area contributed by atoms with E-state index in [0.29, 0.717) is 5.69 Å². The van der Waals surface area contributed by atoms with Crippen LogP contribution in [0, 0.1) is 10.1 Å². The Balaban J connectivity index is 1.80. The zero-order valence-corrected chi connectivity index (χ0v) is 13.3. The number of benzene rings is 2. The minimum absolute atomic E-state index is 0.0401. The topological polar surface area (TPSA) is 120 Å². The van der Waals surface area contributed by atoms with Gasteiger partial charge in [-0.3, -0.25) is 10.1 Å². The van der Waals surface area contributed by atoms with Gasteiger partial charge in [-0.05, 0) is 41.5 Å². The molecule has 0 saturated heterocycles. The van der Waals surface area contributed by atoms with Gasteiger partial charge in [0.1, 0.15) is 0 Å². The molecule has 2 aromatic rings. The molecule has 7 heteroatoms. The lowest BCUT2D eigenvalue weighted by atomic mass is 9.90. The van der Waals surface area contributed by atoms with Crippen molar-refractivity contribution in [1.29, 1.82) is 0 Å². The number of nitrogens with zero attached hydrogens (tertiary/aromatic N) is 3. The molecule has 4 N–H and O–H groups in total. The Morgan fingerprint density at radius 1 is 1.08 bits per heavy atom. The summed E-state index contributed by atoms with van der Waals surface area (Å²) in [6.45, 7) is 0.